The van der Waals surface area contributed by atoms with Gasteiger partial charge in [-0.3, -0.25) is 0 Å². The summed E-state index contributed by atoms with van der Waals surface area (Å²) in [4.78, 5) is 0. The Labute approximate surface area is 112 Å². The van der Waals surface area contributed by atoms with E-state index in [0.29, 0.717) is 0 Å². The van der Waals surface area contributed by atoms with E-state index in [-0.39, 0.29) is 0 Å². The van der Waals surface area contributed by atoms with Gasteiger partial charge in [0.25, 0.3) is 0 Å². The summed E-state index contributed by atoms with van der Waals surface area (Å²) < 4.78 is 5.49. The van der Waals surface area contributed by atoms with E-state index >= 15 is 0 Å². The summed E-state index contributed by atoms with van der Waals surface area (Å²) >= 11 is 0. The largest absolute Gasteiger partial charge is 0.377 e. The van der Waals surface area contributed by atoms with Gasteiger partial charge < -0.3 is 10.1 Å². The van der Waals surface area contributed by atoms with E-state index in [1.807, 2.05) is 6.92 Å². The van der Waals surface area contributed by atoms with Gasteiger partial charge in [0.1, 0.15) is 0 Å². The van der Waals surface area contributed by atoms with Crippen molar-refractivity contribution in [1.29, 1.82) is 0 Å². The molecule has 1 N–H and O–H groups in total. The summed E-state index contributed by atoms with van der Waals surface area (Å²) in [5.74, 6) is 0. The van der Waals surface area contributed by atoms with E-state index in [9.17, 15) is 0 Å². The predicted octanol–water partition coefficient (Wildman–Crippen LogP) is 3.89. The van der Waals surface area contributed by atoms with Crippen molar-refractivity contribution in [2.75, 3.05) is 13.2 Å². The van der Waals surface area contributed by atoms with Gasteiger partial charge in [-0.25, -0.2) is 0 Å². The summed E-state index contributed by atoms with van der Waals surface area (Å²) in [5, 5.41) is 3.52. The summed E-state index contributed by atoms with van der Waals surface area (Å²) in [6.45, 7) is 7.85. The summed E-state index contributed by atoms with van der Waals surface area (Å²) in [6, 6.07) is 8.53. The topological polar surface area (TPSA) is 21.3 Å². The SMILES string of the molecule is CCCCCCNCc1ccccc1COCC. The lowest BCUT2D eigenvalue weighted by Crippen LogP contribution is -2.16. The Morgan fingerprint density at radius 3 is 2.50 bits per heavy atom. The highest BCUT2D eigenvalue weighted by molar-refractivity contribution is 5.26. The van der Waals surface area contributed by atoms with Crippen molar-refractivity contribution in [3.05, 3.63) is 35.4 Å². The number of nitrogens with one attached hydrogen (secondary N) is 1. The number of rotatable bonds is 10. The van der Waals surface area contributed by atoms with E-state index < -0.39 is 0 Å². The first-order chi connectivity index (χ1) is 8.88. The van der Waals surface area contributed by atoms with Crippen LogP contribution in [0.15, 0.2) is 24.3 Å². The average Bonchev–Trinajstić information content (AvgIpc) is 2.41. The molecule has 0 saturated carbocycles. The minimum Gasteiger partial charge on any atom is -0.377 e. The molecule has 2 heteroatoms. The molecule has 0 aliphatic rings. The normalized spacial score (nSPS) is 10.8. The van der Waals surface area contributed by atoms with Crippen LogP contribution >= 0.6 is 0 Å². The monoisotopic (exact) mass is 249 g/mol. The number of hydrogen-bond donors (Lipinski definition) is 1. The second-order valence-electron chi connectivity index (χ2n) is 4.64. The molecule has 0 unspecified atom stereocenters. The fourth-order valence-corrected chi connectivity index (χ4v) is 1.98. The van der Waals surface area contributed by atoms with Crippen molar-refractivity contribution in [3.63, 3.8) is 0 Å². The molecule has 0 aromatic heterocycles. The van der Waals surface area contributed by atoms with Crippen LogP contribution in [-0.4, -0.2) is 13.2 Å². The van der Waals surface area contributed by atoms with Gasteiger partial charge in [-0.15, -0.1) is 0 Å². The molecule has 1 aromatic rings. The molecule has 18 heavy (non-hydrogen) atoms. The van der Waals surface area contributed by atoms with Crippen molar-refractivity contribution in [1.82, 2.24) is 5.32 Å². The van der Waals surface area contributed by atoms with E-state index in [1.165, 1.54) is 36.8 Å². The van der Waals surface area contributed by atoms with Gasteiger partial charge in [-0.1, -0.05) is 50.5 Å². The molecular weight excluding hydrogens is 222 g/mol. The predicted molar refractivity (Wildman–Crippen MR) is 77.6 cm³/mol. The highest BCUT2D eigenvalue weighted by atomic mass is 16.5. The molecule has 0 aliphatic heterocycles. The van der Waals surface area contributed by atoms with Crippen LogP contribution in [0.1, 0.15) is 50.7 Å². The molecule has 1 aromatic carbocycles. The quantitative estimate of drug-likeness (QED) is 0.635. The maximum Gasteiger partial charge on any atom is 0.0719 e. The minimum atomic E-state index is 0.726. The fraction of sp³-hybridized carbons (Fsp3) is 0.625. The van der Waals surface area contributed by atoms with Crippen molar-refractivity contribution in [3.8, 4) is 0 Å². The lowest BCUT2D eigenvalue weighted by molar-refractivity contribution is 0.133. The third-order valence-electron chi connectivity index (χ3n) is 3.10. The summed E-state index contributed by atoms with van der Waals surface area (Å²) in [7, 11) is 0. The van der Waals surface area contributed by atoms with Crippen LogP contribution in [0.5, 0.6) is 0 Å². The Balaban J connectivity index is 2.27. The van der Waals surface area contributed by atoms with Gasteiger partial charge in [-0.05, 0) is 31.0 Å². The molecule has 0 saturated heterocycles. The second kappa shape index (κ2) is 10.1. The Morgan fingerprint density at radius 2 is 1.78 bits per heavy atom. The van der Waals surface area contributed by atoms with Crippen molar-refractivity contribution in [2.45, 2.75) is 52.7 Å². The van der Waals surface area contributed by atoms with Crippen LogP contribution in [0.3, 0.4) is 0 Å². The van der Waals surface area contributed by atoms with E-state index in [2.05, 4.69) is 36.5 Å². The lowest BCUT2D eigenvalue weighted by Gasteiger charge is -2.10. The Bertz CT molecular complexity index is 312. The van der Waals surface area contributed by atoms with Gasteiger partial charge in [0.05, 0.1) is 6.61 Å². The molecule has 102 valence electrons. The minimum absolute atomic E-state index is 0.726. The highest BCUT2D eigenvalue weighted by Crippen LogP contribution is 2.10. The first-order valence-corrected chi connectivity index (χ1v) is 7.23. The number of benzene rings is 1. The zero-order chi connectivity index (χ0) is 13.1. The summed E-state index contributed by atoms with van der Waals surface area (Å²) in [5.41, 5.74) is 2.67. The van der Waals surface area contributed by atoms with Gasteiger partial charge in [-0.2, -0.15) is 0 Å². The average molecular weight is 249 g/mol. The standard InChI is InChI=1S/C16H27NO/c1-3-5-6-9-12-17-13-15-10-7-8-11-16(15)14-18-4-2/h7-8,10-11,17H,3-6,9,12-14H2,1-2H3. The van der Waals surface area contributed by atoms with Crippen LogP contribution in [0.4, 0.5) is 0 Å². The molecule has 2 nitrogen and oxygen atoms in total. The van der Waals surface area contributed by atoms with Crippen molar-refractivity contribution < 1.29 is 4.74 Å². The van der Waals surface area contributed by atoms with E-state index in [0.717, 1.165) is 26.3 Å². The summed E-state index contributed by atoms with van der Waals surface area (Å²) in [6.07, 6.45) is 5.27. The number of ether oxygens (including phenoxy) is 1. The van der Waals surface area contributed by atoms with Gasteiger partial charge in [0, 0.05) is 13.2 Å². The molecule has 0 amide bonds. The maximum absolute atomic E-state index is 5.49. The smallest absolute Gasteiger partial charge is 0.0719 e. The van der Waals surface area contributed by atoms with E-state index in [4.69, 9.17) is 4.74 Å². The van der Waals surface area contributed by atoms with Crippen LogP contribution in [0.25, 0.3) is 0 Å². The van der Waals surface area contributed by atoms with E-state index in [1.54, 1.807) is 0 Å². The molecule has 0 fully saturated rings. The number of unbranched alkanes of at least 4 members (excludes halogenated alkanes) is 3. The van der Waals surface area contributed by atoms with Crippen molar-refractivity contribution >= 4 is 0 Å². The fourth-order valence-electron chi connectivity index (χ4n) is 1.98. The Morgan fingerprint density at radius 1 is 1.00 bits per heavy atom. The molecule has 0 spiro atoms. The number of hydrogen-bond acceptors (Lipinski definition) is 2. The Hall–Kier alpha value is -0.860. The second-order valence-corrected chi connectivity index (χ2v) is 4.64. The molecule has 1 rings (SSSR count). The Kier molecular flexibility index (Phi) is 8.53. The van der Waals surface area contributed by atoms with Gasteiger partial charge in [0.15, 0.2) is 0 Å². The first-order valence-electron chi connectivity index (χ1n) is 7.23. The first kappa shape index (κ1) is 15.2. The lowest BCUT2D eigenvalue weighted by atomic mass is 10.1. The zero-order valence-corrected chi connectivity index (χ0v) is 11.9. The molecular formula is C16H27NO. The maximum atomic E-state index is 5.49. The van der Waals surface area contributed by atoms with Gasteiger partial charge >= 0.3 is 0 Å². The third-order valence-corrected chi connectivity index (χ3v) is 3.10. The highest BCUT2D eigenvalue weighted by Gasteiger charge is 2.00. The third kappa shape index (κ3) is 6.18. The van der Waals surface area contributed by atoms with Crippen LogP contribution < -0.4 is 5.32 Å². The van der Waals surface area contributed by atoms with Gasteiger partial charge in [0.2, 0.25) is 0 Å². The van der Waals surface area contributed by atoms with Crippen LogP contribution in [-0.2, 0) is 17.9 Å². The molecule has 0 aliphatic carbocycles. The molecule has 0 heterocycles. The molecule has 0 radical (unpaired) electrons. The molecule has 0 atom stereocenters. The van der Waals surface area contributed by atoms with Crippen LogP contribution in [0.2, 0.25) is 0 Å². The van der Waals surface area contributed by atoms with Crippen molar-refractivity contribution in [2.24, 2.45) is 0 Å². The zero-order valence-electron chi connectivity index (χ0n) is 11.9. The van der Waals surface area contributed by atoms with Crippen LogP contribution in [0, 0.1) is 0 Å². The molecule has 0 bridgehead atoms.